The lowest BCUT2D eigenvalue weighted by atomic mass is 9.49. The van der Waals surface area contributed by atoms with Crippen LogP contribution in [0.1, 0.15) is 92.4 Å². The molecule has 0 aliphatic heterocycles. The molecular weight excluding hydrogens is 476 g/mol. The van der Waals surface area contributed by atoms with E-state index in [1.165, 1.54) is 24.8 Å². The first kappa shape index (κ1) is 30.0. The summed E-state index contributed by atoms with van der Waals surface area (Å²) in [5.74, 6) is 2.43. The second-order valence-electron chi connectivity index (χ2n) is 13.9. The summed E-state index contributed by atoms with van der Waals surface area (Å²) < 4.78 is 10.9. The van der Waals surface area contributed by atoms with Crippen molar-refractivity contribution < 1.29 is 24.8 Å². The van der Waals surface area contributed by atoms with Crippen LogP contribution < -0.4 is 0 Å². The normalized spacial score (nSPS) is 38.7. The first-order chi connectivity index (χ1) is 18.0. The monoisotopic (exact) mass is 530 g/mol. The maximum Gasteiger partial charge on any atom is 0.147 e. The lowest BCUT2D eigenvalue weighted by Gasteiger charge is -2.56. The van der Waals surface area contributed by atoms with Gasteiger partial charge < -0.3 is 24.8 Å². The minimum Gasteiger partial charge on any atom is -0.396 e. The summed E-state index contributed by atoms with van der Waals surface area (Å²) in [5.41, 5.74) is 2.60. The van der Waals surface area contributed by atoms with Crippen LogP contribution in [0.5, 0.6) is 0 Å². The molecule has 0 unspecified atom stereocenters. The van der Waals surface area contributed by atoms with Crippen molar-refractivity contribution >= 4 is 0 Å². The summed E-state index contributed by atoms with van der Waals surface area (Å²) >= 11 is 0. The fourth-order valence-electron chi connectivity index (χ4n) is 8.93. The third-order valence-electron chi connectivity index (χ3n) is 11.4. The molecule has 0 aromatic carbocycles. The van der Waals surface area contributed by atoms with E-state index in [9.17, 15) is 15.3 Å². The van der Waals surface area contributed by atoms with Crippen molar-refractivity contribution in [2.24, 2.45) is 40.4 Å². The summed E-state index contributed by atoms with van der Waals surface area (Å²) in [7, 11) is 1.65. The van der Waals surface area contributed by atoms with Gasteiger partial charge in [-0.05, 0) is 100 Å². The lowest BCUT2D eigenvalue weighted by Crippen LogP contribution is -2.52. The van der Waals surface area contributed by atoms with Crippen LogP contribution in [0, 0.1) is 40.4 Å². The van der Waals surface area contributed by atoms with Gasteiger partial charge in [0.2, 0.25) is 0 Å². The van der Waals surface area contributed by atoms with Gasteiger partial charge in [0.05, 0.1) is 17.8 Å². The SMILES string of the molecule is COCOC(C)(C)CC/C=C/[C@H](CCO)[C@H](C)[C@H]1CC[C@H]2C3=CC=C4C[C@@H](O)C[C@H](O)[C@]4(C)[C@H]3CC[C@]12C. The van der Waals surface area contributed by atoms with Crippen molar-refractivity contribution in [1.29, 1.82) is 0 Å². The summed E-state index contributed by atoms with van der Waals surface area (Å²) in [6.45, 7) is 12.0. The quantitative estimate of drug-likeness (QED) is 0.219. The molecule has 5 nitrogen and oxygen atoms in total. The van der Waals surface area contributed by atoms with Crippen molar-refractivity contribution in [2.45, 2.75) is 110 Å². The van der Waals surface area contributed by atoms with Crippen molar-refractivity contribution in [2.75, 3.05) is 20.5 Å². The van der Waals surface area contributed by atoms with Gasteiger partial charge in [-0.25, -0.2) is 0 Å². The van der Waals surface area contributed by atoms with E-state index >= 15 is 0 Å². The molecule has 4 aliphatic rings. The molecule has 0 heterocycles. The van der Waals surface area contributed by atoms with E-state index in [4.69, 9.17) is 9.47 Å². The Morgan fingerprint density at radius 2 is 1.89 bits per heavy atom. The molecule has 3 fully saturated rings. The molecule has 9 atom stereocenters. The molecule has 0 saturated heterocycles. The first-order valence-corrected chi connectivity index (χ1v) is 15.2. The molecule has 216 valence electrons. The third-order valence-corrected chi connectivity index (χ3v) is 11.4. The van der Waals surface area contributed by atoms with Gasteiger partial charge in [0.25, 0.3) is 0 Å². The minimum absolute atomic E-state index is 0.216. The number of rotatable bonds is 11. The Balaban J connectivity index is 1.48. The van der Waals surface area contributed by atoms with E-state index < -0.39 is 12.2 Å². The smallest absolute Gasteiger partial charge is 0.147 e. The molecule has 0 amide bonds. The van der Waals surface area contributed by atoms with Crippen molar-refractivity contribution in [3.8, 4) is 0 Å². The standard InChI is InChI=1S/C33H54O5/c1-22(23(15-18-34)9-7-8-16-31(2,3)38-21-37-6)27-12-13-28-26-11-10-24-19-25(35)20-30(36)33(24,5)29(26)14-17-32(27,28)4/h7,9-11,22-23,25,27-30,34-36H,8,12-21H2,1-6H3/b9-7+/t22-,23+,25+,27+,28-,29-,30-,32+,33-/m0/s1. The molecule has 4 aliphatic carbocycles. The number of aliphatic hydroxyl groups is 3. The average molecular weight is 531 g/mol. The molecule has 0 aromatic heterocycles. The van der Waals surface area contributed by atoms with E-state index in [1.54, 1.807) is 12.7 Å². The second-order valence-corrected chi connectivity index (χ2v) is 13.9. The fourth-order valence-corrected chi connectivity index (χ4v) is 8.93. The van der Waals surface area contributed by atoms with E-state index in [2.05, 4.69) is 58.9 Å². The van der Waals surface area contributed by atoms with Crippen LogP contribution in [0.4, 0.5) is 0 Å². The zero-order chi connectivity index (χ0) is 27.7. The van der Waals surface area contributed by atoms with Gasteiger partial charge in [-0.2, -0.15) is 0 Å². The van der Waals surface area contributed by atoms with E-state index in [0.717, 1.165) is 25.7 Å². The highest BCUT2D eigenvalue weighted by atomic mass is 16.7. The Morgan fingerprint density at radius 3 is 2.61 bits per heavy atom. The van der Waals surface area contributed by atoms with Crippen LogP contribution in [-0.2, 0) is 9.47 Å². The maximum atomic E-state index is 11.2. The highest BCUT2D eigenvalue weighted by molar-refractivity contribution is 5.40. The molecule has 0 aromatic rings. The highest BCUT2D eigenvalue weighted by Crippen LogP contribution is 2.66. The Labute approximate surface area is 231 Å². The van der Waals surface area contributed by atoms with Gasteiger partial charge in [0.1, 0.15) is 6.79 Å². The zero-order valence-electron chi connectivity index (χ0n) is 24.8. The van der Waals surface area contributed by atoms with Crippen LogP contribution >= 0.6 is 0 Å². The largest absolute Gasteiger partial charge is 0.396 e. The molecule has 0 radical (unpaired) electrons. The molecular formula is C33H54O5. The topological polar surface area (TPSA) is 79.2 Å². The fraction of sp³-hybridized carbons (Fsp3) is 0.818. The predicted octanol–water partition coefficient (Wildman–Crippen LogP) is 6.19. The van der Waals surface area contributed by atoms with Gasteiger partial charge in [0, 0.05) is 25.6 Å². The predicted molar refractivity (Wildman–Crippen MR) is 152 cm³/mol. The number of fused-ring (bicyclic) bond motifs is 5. The van der Waals surface area contributed by atoms with Crippen LogP contribution in [0.3, 0.4) is 0 Å². The number of hydrogen-bond donors (Lipinski definition) is 3. The van der Waals surface area contributed by atoms with Crippen molar-refractivity contribution in [3.05, 3.63) is 35.5 Å². The zero-order valence-corrected chi connectivity index (χ0v) is 24.8. The number of ether oxygens (including phenoxy) is 2. The van der Waals surface area contributed by atoms with Crippen LogP contribution in [0.25, 0.3) is 0 Å². The van der Waals surface area contributed by atoms with Gasteiger partial charge in [-0.15, -0.1) is 0 Å². The minimum atomic E-state index is -0.476. The number of hydrogen-bond acceptors (Lipinski definition) is 5. The van der Waals surface area contributed by atoms with E-state index in [-0.39, 0.29) is 23.0 Å². The van der Waals surface area contributed by atoms with Gasteiger partial charge in [-0.3, -0.25) is 0 Å². The van der Waals surface area contributed by atoms with E-state index in [0.29, 0.717) is 49.2 Å². The molecule has 0 bridgehead atoms. The van der Waals surface area contributed by atoms with Gasteiger partial charge in [-0.1, -0.05) is 56.2 Å². The molecule has 38 heavy (non-hydrogen) atoms. The molecule has 3 N–H and O–H groups in total. The lowest BCUT2D eigenvalue weighted by molar-refractivity contribution is -0.116. The average Bonchev–Trinajstić information content (AvgIpc) is 3.22. The summed E-state index contributed by atoms with van der Waals surface area (Å²) in [6.07, 6.45) is 17.0. The molecule has 3 saturated carbocycles. The Kier molecular flexibility index (Phi) is 9.36. The Bertz CT molecular complexity index is 905. The number of allylic oxidation sites excluding steroid dienone is 5. The summed E-state index contributed by atoms with van der Waals surface area (Å²) in [4.78, 5) is 0. The summed E-state index contributed by atoms with van der Waals surface area (Å²) in [5, 5.41) is 31.4. The van der Waals surface area contributed by atoms with E-state index in [1.807, 2.05) is 0 Å². The third kappa shape index (κ3) is 5.61. The maximum absolute atomic E-state index is 11.2. The van der Waals surface area contributed by atoms with Crippen LogP contribution in [-0.4, -0.2) is 53.6 Å². The van der Waals surface area contributed by atoms with Crippen molar-refractivity contribution in [3.63, 3.8) is 0 Å². The Hall–Kier alpha value is -0.980. The van der Waals surface area contributed by atoms with Crippen molar-refractivity contribution in [1.82, 2.24) is 0 Å². The van der Waals surface area contributed by atoms with Crippen LogP contribution in [0.2, 0.25) is 0 Å². The molecule has 4 rings (SSSR count). The molecule has 5 heteroatoms. The highest BCUT2D eigenvalue weighted by Gasteiger charge is 2.59. The second kappa shape index (κ2) is 11.9. The van der Waals surface area contributed by atoms with Gasteiger partial charge >= 0.3 is 0 Å². The van der Waals surface area contributed by atoms with Crippen LogP contribution in [0.15, 0.2) is 35.5 Å². The number of aliphatic hydroxyl groups excluding tert-OH is 3. The Morgan fingerprint density at radius 1 is 1.13 bits per heavy atom. The number of methoxy groups -OCH3 is 1. The first-order valence-electron chi connectivity index (χ1n) is 15.2. The molecule has 0 spiro atoms. The summed E-state index contributed by atoms with van der Waals surface area (Å²) in [6, 6.07) is 0. The van der Waals surface area contributed by atoms with Gasteiger partial charge in [0.15, 0.2) is 0 Å².